The van der Waals surface area contributed by atoms with E-state index in [4.69, 9.17) is 15.2 Å². The summed E-state index contributed by atoms with van der Waals surface area (Å²) in [5.74, 6) is 1.82. The second-order valence-electron chi connectivity index (χ2n) is 3.92. The molecule has 0 aliphatic rings. The van der Waals surface area contributed by atoms with Crippen LogP contribution in [0.25, 0.3) is 0 Å². The molecule has 1 rings (SSSR count). The van der Waals surface area contributed by atoms with E-state index in [1.165, 1.54) is 5.56 Å². The number of rotatable bonds is 7. The van der Waals surface area contributed by atoms with E-state index in [1.807, 2.05) is 36.9 Å². The van der Waals surface area contributed by atoms with E-state index >= 15 is 0 Å². The van der Waals surface area contributed by atoms with Crippen LogP contribution >= 0.6 is 11.8 Å². The fourth-order valence-electron chi connectivity index (χ4n) is 1.63. The van der Waals surface area contributed by atoms with Crippen molar-refractivity contribution in [1.82, 2.24) is 0 Å². The summed E-state index contributed by atoms with van der Waals surface area (Å²) < 4.78 is 10.3. The van der Waals surface area contributed by atoms with Crippen molar-refractivity contribution in [2.45, 2.75) is 18.2 Å². The molecule has 0 aliphatic carbocycles. The number of thioether (sulfide) groups is 1. The van der Waals surface area contributed by atoms with Crippen molar-refractivity contribution in [3.05, 3.63) is 29.8 Å². The Labute approximate surface area is 108 Å². The Balaban J connectivity index is 2.74. The molecule has 0 aliphatic heterocycles. The molecule has 96 valence electrons. The first kappa shape index (κ1) is 14.4. The smallest absolute Gasteiger partial charge is 0.119 e. The second-order valence-corrected chi connectivity index (χ2v) is 5.17. The average molecular weight is 255 g/mol. The Bertz CT molecular complexity index is 331. The zero-order chi connectivity index (χ0) is 12.7. The number of hydrogen-bond donors (Lipinski definition) is 1. The number of methoxy groups -OCH3 is 2. The first-order valence-corrected chi connectivity index (χ1v) is 6.74. The van der Waals surface area contributed by atoms with E-state index in [-0.39, 0.29) is 11.3 Å². The molecule has 0 aromatic heterocycles. The SMILES string of the molecule is COCCSC(c1cccc(OC)c1)C(C)N. The van der Waals surface area contributed by atoms with E-state index in [0.717, 1.165) is 18.1 Å². The van der Waals surface area contributed by atoms with Gasteiger partial charge >= 0.3 is 0 Å². The van der Waals surface area contributed by atoms with Gasteiger partial charge in [-0.3, -0.25) is 0 Å². The predicted octanol–water partition coefficient (Wildman–Crippen LogP) is 2.46. The molecule has 17 heavy (non-hydrogen) atoms. The summed E-state index contributed by atoms with van der Waals surface area (Å²) in [6, 6.07) is 8.19. The molecule has 4 heteroatoms. The standard InChI is InChI=1S/C13H21NO2S/c1-10(14)13(17-8-7-15-2)11-5-4-6-12(9-11)16-3/h4-6,9-10,13H,7-8,14H2,1-3H3. The Morgan fingerprint density at radius 3 is 2.71 bits per heavy atom. The van der Waals surface area contributed by atoms with E-state index < -0.39 is 0 Å². The molecule has 1 aromatic rings. The first-order chi connectivity index (χ1) is 8.19. The predicted molar refractivity (Wildman–Crippen MR) is 73.7 cm³/mol. The van der Waals surface area contributed by atoms with Gasteiger partial charge in [-0.15, -0.1) is 11.8 Å². The molecule has 0 spiro atoms. The van der Waals surface area contributed by atoms with Gasteiger partial charge in [0, 0.05) is 24.2 Å². The Hall–Kier alpha value is -0.710. The molecule has 0 bridgehead atoms. The molecule has 0 saturated carbocycles. The summed E-state index contributed by atoms with van der Waals surface area (Å²) in [7, 11) is 3.39. The van der Waals surface area contributed by atoms with Gasteiger partial charge in [0.15, 0.2) is 0 Å². The fourth-order valence-corrected chi connectivity index (χ4v) is 2.79. The summed E-state index contributed by atoms with van der Waals surface area (Å²) in [6.07, 6.45) is 0. The van der Waals surface area contributed by atoms with Gasteiger partial charge in [0.2, 0.25) is 0 Å². The van der Waals surface area contributed by atoms with Gasteiger partial charge in [0.25, 0.3) is 0 Å². The van der Waals surface area contributed by atoms with Crippen molar-refractivity contribution < 1.29 is 9.47 Å². The van der Waals surface area contributed by atoms with Gasteiger partial charge < -0.3 is 15.2 Å². The second kappa shape index (κ2) is 7.58. The highest BCUT2D eigenvalue weighted by atomic mass is 32.2. The van der Waals surface area contributed by atoms with Crippen LogP contribution in [0.1, 0.15) is 17.7 Å². The zero-order valence-corrected chi connectivity index (χ0v) is 11.5. The lowest BCUT2D eigenvalue weighted by molar-refractivity contribution is 0.218. The van der Waals surface area contributed by atoms with Crippen LogP contribution in [0.4, 0.5) is 0 Å². The van der Waals surface area contributed by atoms with Gasteiger partial charge in [0.05, 0.1) is 13.7 Å². The highest BCUT2D eigenvalue weighted by Crippen LogP contribution is 2.32. The maximum Gasteiger partial charge on any atom is 0.119 e. The first-order valence-electron chi connectivity index (χ1n) is 5.69. The van der Waals surface area contributed by atoms with Crippen molar-refractivity contribution >= 4 is 11.8 Å². The minimum Gasteiger partial charge on any atom is -0.497 e. The van der Waals surface area contributed by atoms with Crippen molar-refractivity contribution in [3.8, 4) is 5.75 Å². The van der Waals surface area contributed by atoms with Crippen LogP contribution in [0, 0.1) is 0 Å². The van der Waals surface area contributed by atoms with E-state index in [0.29, 0.717) is 0 Å². The molecule has 2 unspecified atom stereocenters. The van der Waals surface area contributed by atoms with Crippen LogP contribution in [0.5, 0.6) is 5.75 Å². The van der Waals surface area contributed by atoms with Crippen molar-refractivity contribution in [1.29, 1.82) is 0 Å². The average Bonchev–Trinajstić information content (AvgIpc) is 2.34. The number of hydrogen-bond acceptors (Lipinski definition) is 4. The number of nitrogens with two attached hydrogens (primary N) is 1. The maximum absolute atomic E-state index is 6.04. The third kappa shape index (κ3) is 4.58. The van der Waals surface area contributed by atoms with Gasteiger partial charge in [-0.2, -0.15) is 0 Å². The molecular weight excluding hydrogens is 234 g/mol. The number of benzene rings is 1. The van der Waals surface area contributed by atoms with Crippen molar-refractivity contribution in [2.24, 2.45) is 5.73 Å². The minimum absolute atomic E-state index is 0.101. The molecular formula is C13H21NO2S. The zero-order valence-electron chi connectivity index (χ0n) is 10.7. The Morgan fingerprint density at radius 2 is 2.12 bits per heavy atom. The summed E-state index contributed by atoms with van der Waals surface area (Å²) in [4.78, 5) is 0. The molecule has 2 N–H and O–H groups in total. The lowest BCUT2D eigenvalue weighted by Gasteiger charge is -2.21. The van der Waals surface area contributed by atoms with Crippen LogP contribution in [0.2, 0.25) is 0 Å². The molecule has 2 atom stereocenters. The van der Waals surface area contributed by atoms with Gasteiger partial charge in [0.1, 0.15) is 5.75 Å². The topological polar surface area (TPSA) is 44.5 Å². The van der Waals surface area contributed by atoms with Crippen LogP contribution in [-0.2, 0) is 4.74 Å². The molecule has 0 radical (unpaired) electrons. The van der Waals surface area contributed by atoms with E-state index in [2.05, 4.69) is 6.07 Å². The van der Waals surface area contributed by atoms with Gasteiger partial charge in [-0.1, -0.05) is 12.1 Å². The summed E-state index contributed by atoms with van der Waals surface area (Å²) in [6.45, 7) is 2.78. The summed E-state index contributed by atoms with van der Waals surface area (Å²) in [5, 5.41) is 0.278. The number of ether oxygens (including phenoxy) is 2. The highest BCUT2D eigenvalue weighted by molar-refractivity contribution is 7.99. The van der Waals surface area contributed by atoms with Gasteiger partial charge in [-0.05, 0) is 24.6 Å². The molecule has 0 heterocycles. The van der Waals surface area contributed by atoms with E-state index in [9.17, 15) is 0 Å². The van der Waals surface area contributed by atoms with Crippen LogP contribution in [0.15, 0.2) is 24.3 Å². The van der Waals surface area contributed by atoms with Crippen LogP contribution in [-0.4, -0.2) is 32.6 Å². The van der Waals surface area contributed by atoms with Crippen LogP contribution < -0.4 is 10.5 Å². The Morgan fingerprint density at radius 1 is 1.35 bits per heavy atom. The third-order valence-electron chi connectivity index (χ3n) is 2.48. The lowest BCUT2D eigenvalue weighted by Crippen LogP contribution is -2.23. The largest absolute Gasteiger partial charge is 0.497 e. The molecule has 0 saturated heterocycles. The minimum atomic E-state index is 0.101. The van der Waals surface area contributed by atoms with Crippen molar-refractivity contribution in [2.75, 3.05) is 26.6 Å². The molecule has 3 nitrogen and oxygen atoms in total. The molecule has 0 amide bonds. The summed E-state index contributed by atoms with van der Waals surface area (Å²) in [5.41, 5.74) is 7.25. The normalized spacial score (nSPS) is 14.4. The quantitative estimate of drug-likeness (QED) is 0.760. The van der Waals surface area contributed by atoms with Crippen LogP contribution in [0.3, 0.4) is 0 Å². The highest BCUT2D eigenvalue weighted by Gasteiger charge is 2.16. The van der Waals surface area contributed by atoms with Gasteiger partial charge in [-0.25, -0.2) is 0 Å². The summed E-state index contributed by atoms with van der Waals surface area (Å²) >= 11 is 1.82. The third-order valence-corrected chi connectivity index (χ3v) is 3.95. The van der Waals surface area contributed by atoms with Crippen molar-refractivity contribution in [3.63, 3.8) is 0 Å². The monoisotopic (exact) mass is 255 g/mol. The fraction of sp³-hybridized carbons (Fsp3) is 0.538. The molecule has 0 fully saturated rings. The Kier molecular flexibility index (Phi) is 6.40. The molecule has 1 aromatic carbocycles. The van der Waals surface area contributed by atoms with E-state index in [1.54, 1.807) is 14.2 Å². The lowest BCUT2D eigenvalue weighted by atomic mass is 10.1. The maximum atomic E-state index is 6.04.